The van der Waals surface area contributed by atoms with E-state index in [1.807, 2.05) is 42.7 Å². The molecule has 0 saturated heterocycles. The number of nitrogens with zero attached hydrogens (tertiary/aromatic N) is 4. The summed E-state index contributed by atoms with van der Waals surface area (Å²) >= 11 is 1.52. The van der Waals surface area contributed by atoms with Gasteiger partial charge in [-0.3, -0.25) is 19.5 Å². The maximum Gasteiger partial charge on any atom is 0.269 e. The summed E-state index contributed by atoms with van der Waals surface area (Å²) in [6.07, 6.45) is 0. The number of aromatic nitrogens is 3. The summed E-state index contributed by atoms with van der Waals surface area (Å²) in [5.41, 5.74) is 4.66. The number of amides is 1. The van der Waals surface area contributed by atoms with Gasteiger partial charge < -0.3 is 5.32 Å². The molecule has 0 aliphatic carbocycles. The largest absolute Gasteiger partial charge is 0.342 e. The molecule has 0 aliphatic heterocycles. The molecule has 8 nitrogen and oxygen atoms in total. The van der Waals surface area contributed by atoms with E-state index >= 15 is 0 Å². The zero-order valence-corrected chi connectivity index (χ0v) is 20.5. The highest BCUT2D eigenvalue weighted by molar-refractivity contribution is 7.98. The molecule has 1 atom stereocenters. The van der Waals surface area contributed by atoms with Gasteiger partial charge in [-0.2, -0.15) is 0 Å². The van der Waals surface area contributed by atoms with Crippen molar-refractivity contribution in [2.75, 3.05) is 0 Å². The van der Waals surface area contributed by atoms with E-state index in [2.05, 4.69) is 34.6 Å². The van der Waals surface area contributed by atoms with Crippen molar-refractivity contribution >= 4 is 23.4 Å². The number of benzene rings is 3. The number of rotatable bonds is 8. The van der Waals surface area contributed by atoms with Gasteiger partial charge in [0.1, 0.15) is 0 Å². The van der Waals surface area contributed by atoms with E-state index in [1.54, 1.807) is 24.3 Å². The molecule has 1 heterocycles. The van der Waals surface area contributed by atoms with Crippen LogP contribution in [0.15, 0.2) is 78.0 Å². The molecule has 4 rings (SSSR count). The number of aryl methyl sites for hydroxylation is 2. The summed E-state index contributed by atoms with van der Waals surface area (Å²) in [6.45, 7) is 5.87. The molecule has 0 aliphatic rings. The molecule has 1 N–H and O–H groups in total. The highest BCUT2D eigenvalue weighted by atomic mass is 32.2. The fraction of sp³-hybridized carbons (Fsp3) is 0.192. The van der Waals surface area contributed by atoms with Gasteiger partial charge >= 0.3 is 0 Å². The van der Waals surface area contributed by atoms with Crippen LogP contribution in [0.4, 0.5) is 5.69 Å². The van der Waals surface area contributed by atoms with E-state index < -0.39 is 11.0 Å². The molecular formula is C26H25N5O3S. The van der Waals surface area contributed by atoms with Gasteiger partial charge in [-0.15, -0.1) is 10.2 Å². The Bertz CT molecular complexity index is 1350. The van der Waals surface area contributed by atoms with Crippen LogP contribution in [0.5, 0.6) is 0 Å². The van der Waals surface area contributed by atoms with Gasteiger partial charge in [0.25, 0.3) is 11.6 Å². The SMILES string of the molecule is Cc1ccc(C(=O)NC(C)c2nnc(SCc3ccccc3C)n2-c2ccc([N+](=O)[O-])cc2)cc1. The normalized spacial score (nSPS) is 11.7. The molecule has 1 amide bonds. The molecule has 1 aromatic heterocycles. The number of nitrogens with one attached hydrogen (secondary N) is 1. The maximum absolute atomic E-state index is 12.8. The lowest BCUT2D eigenvalue weighted by atomic mass is 10.1. The maximum atomic E-state index is 12.8. The number of nitro benzene ring substituents is 1. The number of nitro groups is 1. The molecule has 0 saturated carbocycles. The molecule has 178 valence electrons. The zero-order valence-electron chi connectivity index (χ0n) is 19.6. The molecule has 0 bridgehead atoms. The fourth-order valence-corrected chi connectivity index (χ4v) is 4.62. The summed E-state index contributed by atoms with van der Waals surface area (Å²) in [7, 11) is 0. The van der Waals surface area contributed by atoms with E-state index in [1.165, 1.54) is 35.0 Å². The van der Waals surface area contributed by atoms with Crippen molar-refractivity contribution in [1.29, 1.82) is 0 Å². The minimum Gasteiger partial charge on any atom is -0.342 e. The highest BCUT2D eigenvalue weighted by Gasteiger charge is 2.22. The highest BCUT2D eigenvalue weighted by Crippen LogP contribution is 2.29. The van der Waals surface area contributed by atoms with Crippen LogP contribution in [-0.2, 0) is 5.75 Å². The van der Waals surface area contributed by atoms with Gasteiger partial charge in [-0.05, 0) is 56.2 Å². The van der Waals surface area contributed by atoms with Gasteiger partial charge in [0.05, 0.1) is 11.0 Å². The van der Waals surface area contributed by atoms with Crippen molar-refractivity contribution in [2.45, 2.75) is 37.7 Å². The van der Waals surface area contributed by atoms with Crippen molar-refractivity contribution in [1.82, 2.24) is 20.1 Å². The van der Waals surface area contributed by atoms with E-state index in [4.69, 9.17) is 0 Å². The van der Waals surface area contributed by atoms with Crippen LogP contribution in [0.3, 0.4) is 0 Å². The second-order valence-electron chi connectivity index (χ2n) is 8.23. The van der Waals surface area contributed by atoms with Crippen LogP contribution in [0, 0.1) is 24.0 Å². The molecule has 1 unspecified atom stereocenters. The first kappa shape index (κ1) is 24.2. The Morgan fingerprint density at radius 3 is 2.37 bits per heavy atom. The minimum absolute atomic E-state index is 0.00166. The Morgan fingerprint density at radius 2 is 1.71 bits per heavy atom. The zero-order chi connectivity index (χ0) is 24.9. The van der Waals surface area contributed by atoms with Crippen LogP contribution < -0.4 is 5.32 Å². The van der Waals surface area contributed by atoms with Gasteiger partial charge in [0.15, 0.2) is 11.0 Å². The second-order valence-corrected chi connectivity index (χ2v) is 9.17. The summed E-state index contributed by atoms with van der Waals surface area (Å²) in [5, 5.41) is 23.5. The van der Waals surface area contributed by atoms with Gasteiger partial charge in [0, 0.05) is 29.1 Å². The van der Waals surface area contributed by atoms with E-state index in [9.17, 15) is 14.9 Å². The van der Waals surface area contributed by atoms with E-state index in [0.717, 1.165) is 5.56 Å². The summed E-state index contributed by atoms with van der Waals surface area (Å²) in [5.74, 6) is 0.999. The number of hydrogen-bond acceptors (Lipinski definition) is 6. The first-order valence-corrected chi connectivity index (χ1v) is 12.1. The smallest absolute Gasteiger partial charge is 0.269 e. The van der Waals surface area contributed by atoms with Crippen LogP contribution in [0.1, 0.15) is 45.8 Å². The Hall–Kier alpha value is -3.98. The lowest BCUT2D eigenvalue weighted by molar-refractivity contribution is -0.384. The molecule has 4 aromatic rings. The summed E-state index contributed by atoms with van der Waals surface area (Å²) in [6, 6.07) is 21.2. The van der Waals surface area contributed by atoms with Crippen LogP contribution in [0.25, 0.3) is 5.69 Å². The quantitative estimate of drug-likeness (QED) is 0.198. The molecule has 35 heavy (non-hydrogen) atoms. The van der Waals surface area contributed by atoms with E-state index in [-0.39, 0.29) is 11.6 Å². The molecule has 0 spiro atoms. The van der Waals surface area contributed by atoms with Crippen molar-refractivity contribution < 1.29 is 9.72 Å². The first-order valence-electron chi connectivity index (χ1n) is 11.1. The second kappa shape index (κ2) is 10.5. The van der Waals surface area contributed by atoms with Crippen LogP contribution >= 0.6 is 11.8 Å². The third-order valence-corrected chi connectivity index (χ3v) is 6.62. The van der Waals surface area contributed by atoms with Crippen molar-refractivity contribution in [3.63, 3.8) is 0 Å². The Labute approximate surface area is 207 Å². The molecular weight excluding hydrogens is 462 g/mol. The lowest BCUT2D eigenvalue weighted by Crippen LogP contribution is -2.28. The summed E-state index contributed by atoms with van der Waals surface area (Å²) in [4.78, 5) is 23.5. The fourth-order valence-electron chi connectivity index (χ4n) is 3.59. The van der Waals surface area contributed by atoms with Crippen molar-refractivity contribution in [3.05, 3.63) is 111 Å². The van der Waals surface area contributed by atoms with Gasteiger partial charge in [-0.25, -0.2) is 0 Å². The molecule has 0 fully saturated rings. The topological polar surface area (TPSA) is 103 Å². The predicted molar refractivity (Wildman–Crippen MR) is 136 cm³/mol. The van der Waals surface area contributed by atoms with Crippen LogP contribution in [0.2, 0.25) is 0 Å². The monoisotopic (exact) mass is 487 g/mol. The van der Waals surface area contributed by atoms with Crippen molar-refractivity contribution in [3.8, 4) is 5.69 Å². The average molecular weight is 488 g/mol. The molecule has 3 aromatic carbocycles. The molecule has 9 heteroatoms. The molecule has 0 radical (unpaired) electrons. The predicted octanol–water partition coefficient (Wildman–Crippen LogP) is 5.58. The first-order chi connectivity index (χ1) is 16.8. The average Bonchev–Trinajstić information content (AvgIpc) is 3.28. The number of carbonyl (C=O) groups is 1. The Morgan fingerprint density at radius 1 is 1.03 bits per heavy atom. The van der Waals surface area contributed by atoms with Crippen molar-refractivity contribution in [2.24, 2.45) is 0 Å². The number of hydrogen-bond donors (Lipinski definition) is 1. The van der Waals surface area contributed by atoms with Gasteiger partial charge in [-0.1, -0.05) is 53.7 Å². The number of non-ortho nitro benzene ring substituents is 1. The third-order valence-electron chi connectivity index (χ3n) is 5.64. The van der Waals surface area contributed by atoms with E-state index in [0.29, 0.717) is 28.0 Å². The number of thioether (sulfide) groups is 1. The summed E-state index contributed by atoms with van der Waals surface area (Å²) < 4.78 is 1.84. The van der Waals surface area contributed by atoms with Gasteiger partial charge in [0.2, 0.25) is 0 Å². The van der Waals surface area contributed by atoms with Crippen LogP contribution in [-0.4, -0.2) is 25.6 Å². The minimum atomic E-state index is -0.459. The standard InChI is InChI=1S/C26H25N5O3S/c1-17-8-10-20(11-9-17)25(32)27-19(3)24-28-29-26(35-16-21-7-5-4-6-18(21)2)30(24)22-12-14-23(15-13-22)31(33)34/h4-15,19H,16H2,1-3H3,(H,27,32). The number of carbonyl (C=O) groups excluding carboxylic acids is 1. The Balaban J connectivity index is 1.65. The Kier molecular flexibility index (Phi) is 7.26. The lowest BCUT2D eigenvalue weighted by Gasteiger charge is -2.16. The third kappa shape index (κ3) is 5.58.